The number of sulfonamides is 1. The average molecular weight is 422 g/mol. The molecule has 0 spiro atoms. The SMILES string of the molecule is CC1CC(C)CN(S(=O)(=O)c2cccc(C(=O)NCCOCC(F)(F)F)c2)C1. The molecule has 0 radical (unpaired) electrons. The molecule has 1 heterocycles. The summed E-state index contributed by atoms with van der Waals surface area (Å²) >= 11 is 0. The molecule has 1 amide bonds. The molecule has 0 saturated carbocycles. The zero-order valence-corrected chi connectivity index (χ0v) is 16.6. The van der Waals surface area contributed by atoms with Crippen molar-refractivity contribution < 1.29 is 31.1 Å². The van der Waals surface area contributed by atoms with Gasteiger partial charge in [0.1, 0.15) is 6.61 Å². The predicted octanol–water partition coefficient (Wildman–Crippen LogP) is 2.66. The highest BCUT2D eigenvalue weighted by atomic mass is 32.2. The fraction of sp³-hybridized carbons (Fsp3) is 0.611. The van der Waals surface area contributed by atoms with Crippen LogP contribution >= 0.6 is 0 Å². The molecule has 2 rings (SSSR count). The molecule has 1 aliphatic heterocycles. The lowest BCUT2D eigenvalue weighted by Crippen LogP contribution is -2.42. The minimum absolute atomic E-state index is 0.0229. The number of hydrogen-bond donors (Lipinski definition) is 1. The van der Waals surface area contributed by atoms with Gasteiger partial charge in [0.25, 0.3) is 5.91 Å². The molecular weight excluding hydrogens is 397 g/mol. The van der Waals surface area contributed by atoms with E-state index in [9.17, 15) is 26.4 Å². The van der Waals surface area contributed by atoms with Gasteiger partial charge in [-0.05, 0) is 36.5 Å². The maximum absolute atomic E-state index is 12.9. The number of nitrogens with one attached hydrogen (secondary N) is 1. The van der Waals surface area contributed by atoms with Crippen LogP contribution in [0.25, 0.3) is 0 Å². The van der Waals surface area contributed by atoms with Gasteiger partial charge in [-0.2, -0.15) is 17.5 Å². The second-order valence-electron chi connectivity index (χ2n) is 7.22. The van der Waals surface area contributed by atoms with Gasteiger partial charge in [0.2, 0.25) is 10.0 Å². The summed E-state index contributed by atoms with van der Waals surface area (Å²) in [5.74, 6) is -0.0727. The van der Waals surface area contributed by atoms with Crippen LogP contribution in [0.4, 0.5) is 13.2 Å². The second-order valence-corrected chi connectivity index (χ2v) is 9.16. The number of carbonyl (C=O) groups excluding carboxylic acids is 1. The van der Waals surface area contributed by atoms with E-state index in [2.05, 4.69) is 10.1 Å². The zero-order valence-electron chi connectivity index (χ0n) is 15.8. The molecule has 1 aromatic rings. The molecule has 0 aromatic heterocycles. The van der Waals surface area contributed by atoms with Crippen molar-refractivity contribution in [3.63, 3.8) is 0 Å². The summed E-state index contributed by atoms with van der Waals surface area (Å²) in [6, 6.07) is 5.64. The van der Waals surface area contributed by atoms with Crippen molar-refractivity contribution in [1.82, 2.24) is 9.62 Å². The minimum Gasteiger partial charge on any atom is -0.370 e. The van der Waals surface area contributed by atoms with Crippen molar-refractivity contribution in [3.05, 3.63) is 29.8 Å². The van der Waals surface area contributed by atoms with Crippen LogP contribution < -0.4 is 5.32 Å². The third-order valence-electron chi connectivity index (χ3n) is 4.37. The summed E-state index contributed by atoms with van der Waals surface area (Å²) in [6.45, 7) is 3.06. The van der Waals surface area contributed by atoms with Crippen LogP contribution in [0, 0.1) is 11.8 Å². The summed E-state index contributed by atoms with van der Waals surface area (Å²) in [6.07, 6.45) is -3.46. The van der Waals surface area contributed by atoms with Crippen molar-refractivity contribution >= 4 is 15.9 Å². The number of alkyl halides is 3. The molecule has 1 fully saturated rings. The molecule has 10 heteroatoms. The van der Waals surface area contributed by atoms with Crippen molar-refractivity contribution in [2.45, 2.75) is 31.3 Å². The van der Waals surface area contributed by atoms with Crippen LogP contribution in [0.3, 0.4) is 0 Å². The predicted molar refractivity (Wildman–Crippen MR) is 97.4 cm³/mol. The number of ether oxygens (including phenoxy) is 1. The van der Waals surface area contributed by atoms with E-state index in [1.165, 1.54) is 28.6 Å². The lowest BCUT2D eigenvalue weighted by atomic mass is 9.94. The quantitative estimate of drug-likeness (QED) is 0.686. The minimum atomic E-state index is -4.42. The van der Waals surface area contributed by atoms with Crippen molar-refractivity contribution in [2.75, 3.05) is 32.8 Å². The topological polar surface area (TPSA) is 75.7 Å². The summed E-state index contributed by atoms with van der Waals surface area (Å²) in [4.78, 5) is 12.2. The summed E-state index contributed by atoms with van der Waals surface area (Å²) in [7, 11) is -3.73. The van der Waals surface area contributed by atoms with Crippen LogP contribution in [-0.4, -0.2) is 57.7 Å². The van der Waals surface area contributed by atoms with E-state index in [-0.39, 0.29) is 35.4 Å². The number of benzene rings is 1. The molecule has 1 N–H and O–H groups in total. The molecule has 0 aliphatic carbocycles. The molecule has 2 atom stereocenters. The summed E-state index contributed by atoms with van der Waals surface area (Å²) in [5, 5.41) is 2.42. The van der Waals surface area contributed by atoms with Gasteiger partial charge < -0.3 is 10.1 Å². The molecule has 6 nitrogen and oxygen atoms in total. The fourth-order valence-electron chi connectivity index (χ4n) is 3.28. The number of nitrogens with zero attached hydrogens (tertiary/aromatic N) is 1. The summed E-state index contributed by atoms with van der Waals surface area (Å²) in [5.41, 5.74) is 0.120. The van der Waals surface area contributed by atoms with Crippen LogP contribution in [0.2, 0.25) is 0 Å². The molecule has 0 bridgehead atoms. The first-order valence-corrected chi connectivity index (χ1v) is 10.5. The summed E-state index contributed by atoms with van der Waals surface area (Å²) < 4.78 is 67.7. The Hall–Kier alpha value is -1.65. The van der Waals surface area contributed by atoms with E-state index < -0.39 is 28.7 Å². The maximum atomic E-state index is 12.9. The lowest BCUT2D eigenvalue weighted by molar-refractivity contribution is -0.173. The Morgan fingerprint density at radius 3 is 2.50 bits per heavy atom. The maximum Gasteiger partial charge on any atom is 0.411 e. The van der Waals surface area contributed by atoms with Gasteiger partial charge in [0.05, 0.1) is 11.5 Å². The van der Waals surface area contributed by atoms with E-state index in [1.54, 1.807) is 0 Å². The van der Waals surface area contributed by atoms with Gasteiger partial charge >= 0.3 is 6.18 Å². The molecule has 2 unspecified atom stereocenters. The highest BCUT2D eigenvalue weighted by Crippen LogP contribution is 2.27. The number of amides is 1. The monoisotopic (exact) mass is 422 g/mol. The molecule has 1 saturated heterocycles. The van der Waals surface area contributed by atoms with Crippen LogP contribution in [0.5, 0.6) is 0 Å². The Morgan fingerprint density at radius 1 is 1.25 bits per heavy atom. The van der Waals surface area contributed by atoms with Gasteiger partial charge in [0.15, 0.2) is 0 Å². The smallest absolute Gasteiger partial charge is 0.370 e. The van der Waals surface area contributed by atoms with Gasteiger partial charge in [-0.15, -0.1) is 0 Å². The van der Waals surface area contributed by atoms with Crippen LogP contribution in [-0.2, 0) is 14.8 Å². The van der Waals surface area contributed by atoms with Crippen LogP contribution in [0.1, 0.15) is 30.6 Å². The second kappa shape index (κ2) is 9.23. The first-order chi connectivity index (χ1) is 13.0. The largest absolute Gasteiger partial charge is 0.411 e. The highest BCUT2D eigenvalue weighted by Gasteiger charge is 2.32. The Morgan fingerprint density at radius 2 is 1.89 bits per heavy atom. The van der Waals surface area contributed by atoms with E-state index in [4.69, 9.17) is 0 Å². The van der Waals surface area contributed by atoms with E-state index in [0.717, 1.165) is 6.42 Å². The van der Waals surface area contributed by atoms with Crippen LogP contribution in [0.15, 0.2) is 29.2 Å². The van der Waals surface area contributed by atoms with Crippen molar-refractivity contribution in [2.24, 2.45) is 11.8 Å². The number of rotatable bonds is 7. The first-order valence-electron chi connectivity index (χ1n) is 9.02. The molecule has 28 heavy (non-hydrogen) atoms. The normalized spacial score (nSPS) is 21.5. The Labute approximate surface area is 163 Å². The molecule has 158 valence electrons. The fourth-order valence-corrected chi connectivity index (χ4v) is 5.00. The zero-order chi connectivity index (χ0) is 20.9. The van der Waals surface area contributed by atoms with E-state index >= 15 is 0 Å². The van der Waals surface area contributed by atoms with Gasteiger partial charge in [0, 0.05) is 25.2 Å². The molecule has 1 aliphatic rings. The van der Waals surface area contributed by atoms with E-state index in [1.807, 2.05) is 13.8 Å². The number of halogens is 3. The third kappa shape index (κ3) is 6.46. The molecular formula is C18H25F3N2O4S. The van der Waals surface area contributed by atoms with Crippen molar-refractivity contribution in [1.29, 1.82) is 0 Å². The lowest BCUT2D eigenvalue weighted by Gasteiger charge is -2.34. The number of piperidine rings is 1. The average Bonchev–Trinajstić information content (AvgIpc) is 2.59. The van der Waals surface area contributed by atoms with Crippen molar-refractivity contribution in [3.8, 4) is 0 Å². The third-order valence-corrected chi connectivity index (χ3v) is 6.19. The Bertz CT molecular complexity index is 773. The Balaban J connectivity index is 2.00. The highest BCUT2D eigenvalue weighted by molar-refractivity contribution is 7.89. The molecule has 1 aromatic carbocycles. The number of hydrogen-bond acceptors (Lipinski definition) is 4. The number of carbonyl (C=O) groups is 1. The van der Waals surface area contributed by atoms with Gasteiger partial charge in [-0.3, -0.25) is 4.79 Å². The van der Waals surface area contributed by atoms with Gasteiger partial charge in [-0.1, -0.05) is 19.9 Å². The standard InChI is InChI=1S/C18H25F3N2O4S/c1-13-8-14(2)11-23(10-13)28(25,26)16-5-3-4-15(9-16)17(24)22-6-7-27-12-18(19,20)21/h3-5,9,13-14H,6-8,10-12H2,1-2H3,(H,22,24). The first kappa shape index (κ1) is 22.6. The van der Waals surface area contributed by atoms with Gasteiger partial charge in [-0.25, -0.2) is 8.42 Å². The van der Waals surface area contributed by atoms with E-state index in [0.29, 0.717) is 13.1 Å². The Kier molecular flexibility index (Phi) is 7.46.